The van der Waals surface area contributed by atoms with Crippen LogP contribution < -0.4 is 10.6 Å². The van der Waals surface area contributed by atoms with Gasteiger partial charge in [0.05, 0.1) is 18.3 Å². The number of furan rings is 1. The molecule has 0 bridgehead atoms. The number of hydrogen-bond donors (Lipinski definition) is 2. The number of aromatic nitrogens is 2. The molecule has 4 rings (SSSR count). The molecule has 27 heavy (non-hydrogen) atoms. The number of fused-ring (bicyclic) bond motifs is 1. The lowest BCUT2D eigenvalue weighted by Gasteiger charge is -2.11. The number of anilines is 2. The van der Waals surface area contributed by atoms with Crippen molar-refractivity contribution in [2.75, 3.05) is 17.2 Å². The fraction of sp³-hybridized carbons (Fsp3) is 0.143. The van der Waals surface area contributed by atoms with E-state index in [4.69, 9.17) is 16.0 Å². The Labute approximate surface area is 162 Å². The van der Waals surface area contributed by atoms with E-state index >= 15 is 0 Å². The molecule has 2 N–H and O–H groups in total. The first-order chi connectivity index (χ1) is 13.3. The molecule has 0 spiro atoms. The second kappa shape index (κ2) is 8.10. The molecule has 0 saturated carbocycles. The Morgan fingerprint density at radius 3 is 2.56 bits per heavy atom. The number of hydrogen-bond acceptors (Lipinski definition) is 5. The minimum absolute atomic E-state index is 0.568. The van der Waals surface area contributed by atoms with Crippen LogP contribution in [0.5, 0.6) is 0 Å². The van der Waals surface area contributed by atoms with E-state index < -0.39 is 0 Å². The molecule has 6 heteroatoms. The van der Waals surface area contributed by atoms with Gasteiger partial charge < -0.3 is 15.1 Å². The van der Waals surface area contributed by atoms with E-state index in [1.165, 1.54) is 5.56 Å². The molecule has 4 aromatic rings. The average molecular weight is 379 g/mol. The molecule has 0 aliphatic heterocycles. The van der Waals surface area contributed by atoms with Gasteiger partial charge in [0.1, 0.15) is 11.6 Å². The van der Waals surface area contributed by atoms with Gasteiger partial charge >= 0.3 is 0 Å². The van der Waals surface area contributed by atoms with E-state index in [1.54, 1.807) is 6.26 Å². The van der Waals surface area contributed by atoms with Crippen molar-refractivity contribution in [3.05, 3.63) is 83.3 Å². The Kier molecular flexibility index (Phi) is 5.21. The van der Waals surface area contributed by atoms with Gasteiger partial charge in [-0.15, -0.1) is 0 Å². The van der Waals surface area contributed by atoms with E-state index in [0.717, 1.165) is 40.5 Å². The van der Waals surface area contributed by atoms with Crippen molar-refractivity contribution in [3.8, 4) is 0 Å². The van der Waals surface area contributed by atoms with E-state index in [-0.39, 0.29) is 0 Å². The molecule has 0 radical (unpaired) electrons. The number of nitrogens with one attached hydrogen (secondary N) is 2. The molecule has 0 saturated heterocycles. The topological polar surface area (TPSA) is 63.0 Å². The predicted octanol–water partition coefficient (Wildman–Crippen LogP) is 5.14. The second-order valence-corrected chi connectivity index (χ2v) is 6.59. The van der Waals surface area contributed by atoms with Crippen molar-refractivity contribution in [2.45, 2.75) is 13.0 Å². The molecular formula is C21H19ClN4O. The molecule has 5 nitrogen and oxygen atoms in total. The number of nitrogens with zero attached hydrogens (tertiary/aromatic N) is 2. The lowest BCUT2D eigenvalue weighted by Crippen LogP contribution is -2.10. The monoisotopic (exact) mass is 378 g/mol. The molecular weight excluding hydrogens is 360 g/mol. The summed E-state index contributed by atoms with van der Waals surface area (Å²) in [6.07, 6.45) is 2.53. The molecule has 2 heterocycles. The fourth-order valence-electron chi connectivity index (χ4n) is 2.84. The molecule has 136 valence electrons. The highest BCUT2D eigenvalue weighted by Gasteiger charge is 2.08. The molecule has 0 amide bonds. The number of rotatable bonds is 7. The normalized spacial score (nSPS) is 10.9. The smallest absolute Gasteiger partial charge is 0.225 e. The van der Waals surface area contributed by atoms with Crippen LogP contribution in [-0.2, 0) is 13.0 Å². The van der Waals surface area contributed by atoms with Crippen molar-refractivity contribution in [2.24, 2.45) is 0 Å². The van der Waals surface area contributed by atoms with Gasteiger partial charge in [-0.05, 0) is 48.4 Å². The van der Waals surface area contributed by atoms with Gasteiger partial charge in [-0.2, -0.15) is 4.98 Å². The average Bonchev–Trinajstić information content (AvgIpc) is 3.21. The van der Waals surface area contributed by atoms with Crippen molar-refractivity contribution in [1.82, 2.24) is 9.97 Å². The third-order valence-electron chi connectivity index (χ3n) is 4.22. The zero-order chi connectivity index (χ0) is 18.5. The summed E-state index contributed by atoms with van der Waals surface area (Å²) in [4.78, 5) is 9.27. The first kappa shape index (κ1) is 17.4. The Morgan fingerprint density at radius 1 is 0.889 bits per heavy atom. The lowest BCUT2D eigenvalue weighted by atomic mass is 10.1. The van der Waals surface area contributed by atoms with E-state index in [9.17, 15) is 0 Å². The summed E-state index contributed by atoms with van der Waals surface area (Å²) in [7, 11) is 0. The minimum Gasteiger partial charge on any atom is -0.467 e. The Hall–Kier alpha value is -3.05. The fourth-order valence-corrected chi connectivity index (χ4v) is 2.97. The standard InChI is InChI=1S/C21H19ClN4O/c22-16-9-7-15(8-10-16)11-12-23-21-25-19-6-2-1-5-18(19)20(26-21)24-14-17-4-3-13-27-17/h1-10,13H,11-12,14H2,(H2,23,24,25,26). The van der Waals surface area contributed by atoms with E-state index in [1.807, 2.05) is 60.7 Å². The van der Waals surface area contributed by atoms with Gasteiger partial charge in [-0.1, -0.05) is 35.9 Å². The first-order valence-corrected chi connectivity index (χ1v) is 9.17. The first-order valence-electron chi connectivity index (χ1n) is 8.79. The van der Waals surface area contributed by atoms with Crippen molar-refractivity contribution >= 4 is 34.3 Å². The third kappa shape index (κ3) is 4.38. The van der Waals surface area contributed by atoms with Crippen LogP contribution >= 0.6 is 11.6 Å². The van der Waals surface area contributed by atoms with Gasteiger partial charge in [-0.25, -0.2) is 4.98 Å². The highest BCUT2D eigenvalue weighted by Crippen LogP contribution is 2.22. The zero-order valence-corrected chi connectivity index (χ0v) is 15.4. The van der Waals surface area contributed by atoms with Crippen molar-refractivity contribution in [3.63, 3.8) is 0 Å². The molecule has 0 fully saturated rings. The minimum atomic E-state index is 0.568. The van der Waals surface area contributed by atoms with Crippen LogP contribution in [0.3, 0.4) is 0 Å². The molecule has 0 aliphatic rings. The summed E-state index contributed by atoms with van der Waals surface area (Å²) in [5.74, 6) is 2.24. The quantitative estimate of drug-likeness (QED) is 0.466. The van der Waals surface area contributed by atoms with Crippen LogP contribution in [0.25, 0.3) is 10.9 Å². The second-order valence-electron chi connectivity index (χ2n) is 6.15. The van der Waals surface area contributed by atoms with Crippen LogP contribution in [0.15, 0.2) is 71.3 Å². The Bertz CT molecular complexity index is 1020. The SMILES string of the molecule is Clc1ccc(CCNc2nc(NCc3ccco3)c3ccccc3n2)cc1. The van der Waals surface area contributed by atoms with E-state index in [2.05, 4.69) is 20.6 Å². The van der Waals surface area contributed by atoms with Crippen molar-refractivity contribution in [1.29, 1.82) is 0 Å². The summed E-state index contributed by atoms with van der Waals surface area (Å²) >= 11 is 5.93. The number of para-hydroxylation sites is 1. The van der Waals surface area contributed by atoms with Gasteiger partial charge in [0, 0.05) is 17.0 Å². The third-order valence-corrected chi connectivity index (χ3v) is 4.48. The van der Waals surface area contributed by atoms with Crippen LogP contribution in [-0.4, -0.2) is 16.5 Å². The summed E-state index contributed by atoms with van der Waals surface area (Å²) in [5.41, 5.74) is 2.10. The molecule has 0 aliphatic carbocycles. The highest BCUT2D eigenvalue weighted by molar-refractivity contribution is 6.30. The van der Waals surface area contributed by atoms with E-state index in [0.29, 0.717) is 12.5 Å². The van der Waals surface area contributed by atoms with Crippen molar-refractivity contribution < 1.29 is 4.42 Å². The van der Waals surface area contributed by atoms with Crippen LogP contribution in [0, 0.1) is 0 Å². The summed E-state index contributed by atoms with van der Waals surface area (Å²) < 4.78 is 5.39. The Balaban J connectivity index is 1.49. The van der Waals surface area contributed by atoms with Gasteiger partial charge in [0.2, 0.25) is 5.95 Å². The summed E-state index contributed by atoms with van der Waals surface area (Å²) in [5, 5.41) is 8.39. The molecule has 0 atom stereocenters. The van der Waals surface area contributed by atoms with Crippen LogP contribution in [0.1, 0.15) is 11.3 Å². The maximum atomic E-state index is 5.93. The van der Waals surface area contributed by atoms with Gasteiger partial charge in [0.25, 0.3) is 0 Å². The largest absolute Gasteiger partial charge is 0.467 e. The molecule has 2 aromatic carbocycles. The van der Waals surface area contributed by atoms with Crippen LogP contribution in [0.4, 0.5) is 11.8 Å². The maximum absolute atomic E-state index is 5.93. The number of benzene rings is 2. The van der Waals surface area contributed by atoms with Gasteiger partial charge in [0.15, 0.2) is 0 Å². The highest BCUT2D eigenvalue weighted by atomic mass is 35.5. The summed E-state index contributed by atoms with van der Waals surface area (Å²) in [6.45, 7) is 1.30. The molecule has 2 aromatic heterocycles. The Morgan fingerprint density at radius 2 is 1.74 bits per heavy atom. The summed E-state index contributed by atoms with van der Waals surface area (Å²) in [6, 6.07) is 19.6. The van der Waals surface area contributed by atoms with Gasteiger partial charge in [-0.3, -0.25) is 0 Å². The predicted molar refractivity (Wildman–Crippen MR) is 109 cm³/mol. The number of halogens is 1. The molecule has 0 unspecified atom stereocenters. The maximum Gasteiger partial charge on any atom is 0.225 e. The lowest BCUT2D eigenvalue weighted by molar-refractivity contribution is 0.518. The van der Waals surface area contributed by atoms with Crippen LogP contribution in [0.2, 0.25) is 5.02 Å². The zero-order valence-electron chi connectivity index (χ0n) is 14.7.